The van der Waals surface area contributed by atoms with E-state index in [1.54, 1.807) is 25.3 Å². The van der Waals surface area contributed by atoms with Crippen molar-refractivity contribution in [3.05, 3.63) is 53.6 Å². The third-order valence-electron chi connectivity index (χ3n) is 8.04. The molecule has 2 aromatic heterocycles. The van der Waals surface area contributed by atoms with Crippen LogP contribution in [-0.4, -0.2) is 58.4 Å². The number of carboxylic acid groups (broad SMARTS) is 1. The maximum Gasteiger partial charge on any atom is 0.335 e. The highest BCUT2D eigenvalue weighted by Crippen LogP contribution is 2.46. The van der Waals surface area contributed by atoms with E-state index >= 15 is 0 Å². The summed E-state index contributed by atoms with van der Waals surface area (Å²) in [5.41, 5.74) is 3.85. The topological polar surface area (TPSA) is 98.6 Å². The van der Waals surface area contributed by atoms with Crippen LogP contribution in [-0.2, 0) is 14.3 Å². The molecule has 2 aromatic carbocycles. The quantitative estimate of drug-likeness (QED) is 0.381. The van der Waals surface area contributed by atoms with E-state index in [2.05, 4.69) is 26.9 Å². The molecule has 2 saturated heterocycles. The number of methoxy groups -OCH3 is 1. The summed E-state index contributed by atoms with van der Waals surface area (Å²) < 4.78 is 33.7. The summed E-state index contributed by atoms with van der Waals surface area (Å²) >= 11 is 0. The van der Waals surface area contributed by atoms with Crippen LogP contribution in [0.15, 0.2) is 36.5 Å². The van der Waals surface area contributed by atoms with Gasteiger partial charge < -0.3 is 23.9 Å². The number of halogens is 1. The number of hydrogen-bond acceptors (Lipinski definition) is 5. The van der Waals surface area contributed by atoms with Crippen LogP contribution >= 0.6 is 0 Å². The van der Waals surface area contributed by atoms with Gasteiger partial charge >= 0.3 is 5.97 Å². The normalized spacial score (nSPS) is 23.1. The lowest BCUT2D eigenvalue weighted by molar-refractivity contribution is -0.170. The standard InChI is InChI=1S/C28H30FN3O5/c1-28(27(33)34)8-5-17(15-37-28)25-20-13-22-18(14-30-31-22)11-23(20)32(26(25)16-6-9-36-10-7-16)19-3-4-21(29)24(12-19)35-2/h3-4,11-14,16-17H,5-10,15H2,1-2H3,(H,30,31)(H,33,34)/t17-,28+/m0/s1. The summed E-state index contributed by atoms with van der Waals surface area (Å²) in [6.07, 6.45) is 4.63. The van der Waals surface area contributed by atoms with E-state index in [-0.39, 0.29) is 17.6 Å². The molecule has 2 aliphatic rings. The first-order valence-corrected chi connectivity index (χ1v) is 12.7. The van der Waals surface area contributed by atoms with Crippen LogP contribution in [0.5, 0.6) is 5.75 Å². The molecule has 6 rings (SSSR count). The number of nitrogens with zero attached hydrogens (tertiary/aromatic N) is 2. The molecule has 0 saturated carbocycles. The average molecular weight is 508 g/mol. The highest BCUT2D eigenvalue weighted by Gasteiger charge is 2.41. The van der Waals surface area contributed by atoms with E-state index in [1.165, 1.54) is 13.2 Å². The van der Waals surface area contributed by atoms with Gasteiger partial charge in [-0.05, 0) is 62.4 Å². The highest BCUT2D eigenvalue weighted by atomic mass is 19.1. The van der Waals surface area contributed by atoms with Gasteiger partial charge in [0.05, 0.1) is 30.9 Å². The van der Waals surface area contributed by atoms with E-state index in [4.69, 9.17) is 14.2 Å². The van der Waals surface area contributed by atoms with Crippen molar-refractivity contribution in [1.82, 2.24) is 14.8 Å². The smallest absolute Gasteiger partial charge is 0.335 e. The molecule has 0 aliphatic carbocycles. The summed E-state index contributed by atoms with van der Waals surface area (Å²) in [4.78, 5) is 11.8. The minimum atomic E-state index is -1.19. The van der Waals surface area contributed by atoms with E-state index in [0.29, 0.717) is 32.7 Å². The molecule has 0 amide bonds. The van der Waals surface area contributed by atoms with E-state index in [0.717, 1.165) is 51.6 Å². The van der Waals surface area contributed by atoms with E-state index in [1.807, 2.05) is 0 Å². The fraction of sp³-hybridized carbons (Fsp3) is 0.429. The predicted octanol–water partition coefficient (Wildman–Crippen LogP) is 5.29. The molecule has 2 atom stereocenters. The van der Waals surface area contributed by atoms with Crippen molar-refractivity contribution in [2.24, 2.45) is 0 Å². The molecule has 9 heteroatoms. The first-order valence-electron chi connectivity index (χ1n) is 12.7. The minimum absolute atomic E-state index is 0.0109. The molecular weight excluding hydrogens is 477 g/mol. The third kappa shape index (κ3) is 3.97. The SMILES string of the molecule is COc1cc(-n2c(C3CCOCC3)c([C@H]3CC[C@](C)(C(=O)O)OC3)c3cc4[nH]ncc4cc32)ccc1F. The molecular formula is C28H30FN3O5. The predicted molar refractivity (Wildman–Crippen MR) is 136 cm³/mol. The second-order valence-corrected chi connectivity index (χ2v) is 10.2. The van der Waals surface area contributed by atoms with Gasteiger partial charge in [-0.1, -0.05) is 0 Å². The van der Waals surface area contributed by atoms with Crippen LogP contribution in [0.3, 0.4) is 0 Å². The van der Waals surface area contributed by atoms with Gasteiger partial charge in [0, 0.05) is 53.3 Å². The van der Waals surface area contributed by atoms with Crippen LogP contribution < -0.4 is 4.74 Å². The number of carbonyl (C=O) groups is 1. The Morgan fingerprint density at radius 2 is 2.03 bits per heavy atom. The highest BCUT2D eigenvalue weighted by molar-refractivity contribution is 5.99. The average Bonchev–Trinajstić information content (AvgIpc) is 3.50. The number of nitrogens with one attached hydrogen (secondary N) is 1. The molecule has 194 valence electrons. The number of rotatable bonds is 5. The van der Waals surface area contributed by atoms with Gasteiger partial charge in [0.2, 0.25) is 0 Å². The fourth-order valence-electron chi connectivity index (χ4n) is 5.92. The number of aromatic amines is 1. The minimum Gasteiger partial charge on any atom is -0.494 e. The molecule has 0 bridgehead atoms. The monoisotopic (exact) mass is 507 g/mol. The number of hydrogen-bond donors (Lipinski definition) is 2. The van der Waals surface area contributed by atoms with Crippen LogP contribution in [0.4, 0.5) is 4.39 Å². The Labute approximate surface area is 213 Å². The number of benzene rings is 2. The molecule has 2 fully saturated rings. The van der Waals surface area contributed by atoms with Gasteiger partial charge in [-0.25, -0.2) is 9.18 Å². The van der Waals surface area contributed by atoms with Crippen molar-refractivity contribution in [1.29, 1.82) is 0 Å². The fourth-order valence-corrected chi connectivity index (χ4v) is 5.92. The van der Waals surface area contributed by atoms with Gasteiger partial charge in [0.1, 0.15) is 0 Å². The lowest BCUT2D eigenvalue weighted by Crippen LogP contribution is -2.43. The van der Waals surface area contributed by atoms with Gasteiger partial charge in [0.25, 0.3) is 0 Å². The second-order valence-electron chi connectivity index (χ2n) is 10.2. The Morgan fingerprint density at radius 3 is 2.73 bits per heavy atom. The molecule has 2 aliphatic heterocycles. The van der Waals surface area contributed by atoms with Crippen molar-refractivity contribution in [2.45, 2.75) is 50.0 Å². The zero-order valence-electron chi connectivity index (χ0n) is 20.9. The van der Waals surface area contributed by atoms with Crippen molar-refractivity contribution >= 4 is 27.8 Å². The van der Waals surface area contributed by atoms with Crippen LogP contribution in [0.25, 0.3) is 27.5 Å². The molecule has 0 spiro atoms. The maximum atomic E-state index is 14.4. The summed E-state index contributed by atoms with van der Waals surface area (Å²) in [7, 11) is 1.47. The maximum absolute atomic E-state index is 14.4. The lowest BCUT2D eigenvalue weighted by atomic mass is 9.82. The van der Waals surface area contributed by atoms with Gasteiger partial charge in [-0.3, -0.25) is 5.10 Å². The summed E-state index contributed by atoms with van der Waals surface area (Å²) in [5.74, 6) is -0.938. The van der Waals surface area contributed by atoms with E-state index in [9.17, 15) is 14.3 Å². The Hall–Kier alpha value is -3.43. The third-order valence-corrected chi connectivity index (χ3v) is 8.04. The number of carboxylic acids is 1. The lowest BCUT2D eigenvalue weighted by Gasteiger charge is -2.35. The molecule has 4 heterocycles. The number of fused-ring (bicyclic) bond motifs is 2. The Kier molecular flexibility index (Phi) is 5.92. The van der Waals surface area contributed by atoms with Crippen LogP contribution in [0.2, 0.25) is 0 Å². The van der Waals surface area contributed by atoms with Crippen LogP contribution in [0, 0.1) is 5.82 Å². The van der Waals surface area contributed by atoms with Crippen molar-refractivity contribution in [2.75, 3.05) is 26.9 Å². The Bertz CT molecular complexity index is 1480. The van der Waals surface area contributed by atoms with Crippen molar-refractivity contribution in [3.63, 3.8) is 0 Å². The summed E-state index contributed by atoms with van der Waals surface area (Å²) in [5, 5.41) is 19.1. The zero-order valence-corrected chi connectivity index (χ0v) is 20.9. The summed E-state index contributed by atoms with van der Waals surface area (Å²) in [6.45, 7) is 3.29. The first-order chi connectivity index (χ1) is 17.9. The number of ether oxygens (including phenoxy) is 3. The number of aromatic nitrogens is 3. The van der Waals surface area contributed by atoms with Crippen molar-refractivity contribution < 1.29 is 28.5 Å². The molecule has 0 radical (unpaired) electrons. The molecule has 8 nitrogen and oxygen atoms in total. The van der Waals surface area contributed by atoms with E-state index < -0.39 is 17.4 Å². The Morgan fingerprint density at radius 1 is 1.22 bits per heavy atom. The first kappa shape index (κ1) is 23.9. The molecule has 4 aromatic rings. The second kappa shape index (κ2) is 9.15. The van der Waals surface area contributed by atoms with Gasteiger partial charge in [-0.15, -0.1) is 0 Å². The van der Waals surface area contributed by atoms with Crippen LogP contribution in [0.1, 0.15) is 55.7 Å². The van der Waals surface area contributed by atoms with Crippen molar-refractivity contribution in [3.8, 4) is 11.4 Å². The largest absolute Gasteiger partial charge is 0.494 e. The number of aliphatic carboxylic acids is 1. The van der Waals surface area contributed by atoms with Gasteiger partial charge in [0.15, 0.2) is 17.2 Å². The molecule has 2 N–H and O–H groups in total. The zero-order chi connectivity index (χ0) is 25.7. The number of H-pyrrole nitrogens is 1. The Balaban J connectivity index is 1.61. The molecule has 0 unspecified atom stereocenters. The molecule has 37 heavy (non-hydrogen) atoms. The van der Waals surface area contributed by atoms with Gasteiger partial charge in [-0.2, -0.15) is 5.10 Å². The summed E-state index contributed by atoms with van der Waals surface area (Å²) in [6, 6.07) is 9.19.